The standard InChI is InChI=1S/C24H22F2N2O4.C3H6.Na/c1-13(24(29)30)7-14-3-4-15-5-6-20(32-21(15)8-14)23-18(25)9-16(11-28-23)17-10-22(31-2)27-12-19(17)26;1-2-3-1;/h3-4,8-13,20H,5-7H2,1-2H3,(H,29,30);1-3H2;/q;;+1/p-1. The summed E-state index contributed by atoms with van der Waals surface area (Å²) in [5.41, 5.74) is 2.30. The van der Waals surface area contributed by atoms with Crippen molar-refractivity contribution in [2.75, 3.05) is 7.11 Å². The molecule has 0 spiro atoms. The van der Waals surface area contributed by atoms with Crippen molar-refractivity contribution in [3.05, 3.63) is 71.2 Å². The predicted molar refractivity (Wildman–Crippen MR) is 124 cm³/mol. The first kappa shape index (κ1) is 28.0. The number of benzene rings is 1. The van der Waals surface area contributed by atoms with E-state index < -0.39 is 29.6 Å². The first-order valence-electron chi connectivity index (χ1n) is 11.7. The van der Waals surface area contributed by atoms with Crippen molar-refractivity contribution in [1.29, 1.82) is 0 Å². The number of pyridine rings is 2. The Morgan fingerprint density at radius 1 is 1.14 bits per heavy atom. The molecule has 2 aliphatic rings. The van der Waals surface area contributed by atoms with E-state index in [1.807, 2.05) is 12.1 Å². The van der Waals surface area contributed by atoms with Gasteiger partial charge in [-0.05, 0) is 48.4 Å². The van der Waals surface area contributed by atoms with Crippen LogP contribution in [-0.4, -0.2) is 23.0 Å². The molecule has 0 radical (unpaired) electrons. The summed E-state index contributed by atoms with van der Waals surface area (Å²) in [6.45, 7) is 1.58. The molecule has 2 unspecified atom stereocenters. The molecule has 0 amide bonds. The van der Waals surface area contributed by atoms with Gasteiger partial charge in [-0.25, -0.2) is 13.8 Å². The number of methoxy groups -OCH3 is 1. The number of nitrogens with zero attached hydrogens (tertiary/aromatic N) is 2. The van der Waals surface area contributed by atoms with Gasteiger partial charge < -0.3 is 19.4 Å². The summed E-state index contributed by atoms with van der Waals surface area (Å²) in [6, 6.07) is 8.15. The normalized spacial score (nSPS) is 16.3. The number of ether oxygens (including phenoxy) is 2. The van der Waals surface area contributed by atoms with Gasteiger partial charge in [0.25, 0.3) is 0 Å². The molecule has 9 heteroatoms. The minimum Gasteiger partial charge on any atom is -0.550 e. The summed E-state index contributed by atoms with van der Waals surface area (Å²) in [7, 11) is 1.41. The van der Waals surface area contributed by atoms with Crippen molar-refractivity contribution in [2.24, 2.45) is 5.92 Å². The third-order valence-corrected chi connectivity index (χ3v) is 5.90. The molecule has 3 aromatic rings. The number of carbonyl (C=O) groups excluding carboxylic acids is 1. The number of halogens is 2. The fourth-order valence-corrected chi connectivity index (χ4v) is 3.76. The molecule has 0 saturated heterocycles. The molecule has 2 aromatic heterocycles. The van der Waals surface area contributed by atoms with E-state index in [1.165, 1.54) is 44.7 Å². The first-order chi connectivity index (χ1) is 16.9. The minimum atomic E-state index is -1.11. The van der Waals surface area contributed by atoms with Crippen molar-refractivity contribution in [3.8, 4) is 22.8 Å². The molecular weight excluding hydrogens is 477 g/mol. The number of carboxylic acids is 1. The van der Waals surface area contributed by atoms with Crippen LogP contribution >= 0.6 is 0 Å². The molecule has 1 fully saturated rings. The van der Waals surface area contributed by atoms with Crippen LogP contribution in [0.1, 0.15) is 55.5 Å². The van der Waals surface area contributed by atoms with Crippen molar-refractivity contribution >= 4 is 5.97 Å². The maximum atomic E-state index is 15.0. The first-order valence-corrected chi connectivity index (χ1v) is 11.7. The van der Waals surface area contributed by atoms with Crippen LogP contribution in [0.25, 0.3) is 11.1 Å². The number of aryl methyl sites for hydroxylation is 1. The Hall–Kier alpha value is -2.55. The Kier molecular flexibility index (Phi) is 9.82. The van der Waals surface area contributed by atoms with Gasteiger partial charge in [-0.2, -0.15) is 0 Å². The third-order valence-electron chi connectivity index (χ3n) is 5.90. The van der Waals surface area contributed by atoms with Gasteiger partial charge in [-0.3, -0.25) is 4.98 Å². The van der Waals surface area contributed by atoms with E-state index >= 15 is 0 Å². The van der Waals surface area contributed by atoms with Crippen LogP contribution in [0.5, 0.6) is 11.6 Å². The Bertz CT molecular complexity index is 1220. The zero-order valence-corrected chi connectivity index (χ0v) is 22.7. The van der Waals surface area contributed by atoms with Gasteiger partial charge in [-0.15, -0.1) is 0 Å². The summed E-state index contributed by atoms with van der Waals surface area (Å²) in [5.74, 6) is -2.17. The van der Waals surface area contributed by atoms with Crippen LogP contribution in [0.4, 0.5) is 8.78 Å². The second-order valence-electron chi connectivity index (χ2n) is 8.87. The number of hydrogen-bond acceptors (Lipinski definition) is 6. The Balaban J connectivity index is 0.000000840. The predicted octanol–water partition coefficient (Wildman–Crippen LogP) is 1.60. The average molecular weight is 505 g/mol. The molecule has 1 saturated carbocycles. The molecule has 184 valence electrons. The summed E-state index contributed by atoms with van der Waals surface area (Å²) < 4.78 is 40.2. The minimum absolute atomic E-state index is 0. The number of fused-ring (bicyclic) bond motifs is 1. The second-order valence-corrected chi connectivity index (χ2v) is 8.87. The molecule has 5 rings (SSSR count). The summed E-state index contributed by atoms with van der Waals surface area (Å²) >= 11 is 0. The second kappa shape index (κ2) is 12.6. The van der Waals surface area contributed by atoms with Crippen LogP contribution in [0.15, 0.2) is 42.7 Å². The fraction of sp³-hybridized carbons (Fsp3) is 0.370. The third kappa shape index (κ3) is 7.02. The van der Waals surface area contributed by atoms with Gasteiger partial charge in [0, 0.05) is 29.4 Å². The van der Waals surface area contributed by atoms with E-state index in [1.54, 1.807) is 13.0 Å². The van der Waals surface area contributed by atoms with Crippen LogP contribution in [0, 0.1) is 17.6 Å². The maximum absolute atomic E-state index is 15.0. The van der Waals surface area contributed by atoms with Crippen LogP contribution in [-0.2, 0) is 17.6 Å². The zero-order valence-electron chi connectivity index (χ0n) is 20.7. The van der Waals surface area contributed by atoms with E-state index in [9.17, 15) is 18.7 Å². The Labute approximate surface area is 231 Å². The van der Waals surface area contributed by atoms with Crippen LogP contribution in [0.2, 0.25) is 0 Å². The van der Waals surface area contributed by atoms with E-state index in [2.05, 4.69) is 9.97 Å². The van der Waals surface area contributed by atoms with Gasteiger partial charge >= 0.3 is 29.6 Å². The van der Waals surface area contributed by atoms with E-state index in [0.29, 0.717) is 25.0 Å². The smallest absolute Gasteiger partial charge is 0.550 e. The van der Waals surface area contributed by atoms with Crippen LogP contribution in [0.3, 0.4) is 0 Å². The number of carbonyl (C=O) groups is 1. The number of aliphatic carboxylic acids is 1. The van der Waals surface area contributed by atoms with Gasteiger partial charge in [0.1, 0.15) is 29.2 Å². The number of carboxylic acid groups (broad SMARTS) is 1. The Morgan fingerprint density at radius 2 is 1.89 bits per heavy atom. The van der Waals surface area contributed by atoms with Crippen molar-refractivity contribution in [1.82, 2.24) is 9.97 Å². The molecule has 0 bridgehead atoms. The van der Waals surface area contributed by atoms with Crippen molar-refractivity contribution in [2.45, 2.75) is 51.6 Å². The van der Waals surface area contributed by atoms with Crippen molar-refractivity contribution in [3.63, 3.8) is 0 Å². The Morgan fingerprint density at radius 3 is 2.53 bits per heavy atom. The van der Waals surface area contributed by atoms with Gasteiger partial charge in [0.15, 0.2) is 0 Å². The number of rotatable bonds is 6. The maximum Gasteiger partial charge on any atom is 1.00 e. The van der Waals surface area contributed by atoms with Gasteiger partial charge in [-0.1, -0.05) is 38.3 Å². The molecule has 0 N–H and O–H groups in total. The summed E-state index contributed by atoms with van der Waals surface area (Å²) in [5, 5.41) is 11.0. The summed E-state index contributed by atoms with van der Waals surface area (Å²) in [4.78, 5) is 19.0. The largest absolute Gasteiger partial charge is 1.00 e. The fourth-order valence-electron chi connectivity index (χ4n) is 3.76. The monoisotopic (exact) mass is 504 g/mol. The SMILES string of the molecule is C1CC1.COc1cc(-c2cnc(C3CCc4ccc(CC(C)C(=O)[O-])cc4O3)c(F)c2)c(F)cn1.[Na+]. The van der Waals surface area contributed by atoms with Gasteiger partial charge in [0.05, 0.1) is 13.3 Å². The molecule has 1 aliphatic heterocycles. The number of hydrogen-bond donors (Lipinski definition) is 0. The molecule has 36 heavy (non-hydrogen) atoms. The number of aromatic nitrogens is 2. The van der Waals surface area contributed by atoms with E-state index in [4.69, 9.17) is 9.47 Å². The quantitative estimate of drug-likeness (QED) is 0.475. The van der Waals surface area contributed by atoms with Gasteiger partial charge in [0.2, 0.25) is 5.88 Å². The molecule has 2 atom stereocenters. The molecule has 1 aromatic carbocycles. The van der Waals surface area contributed by atoms with E-state index in [0.717, 1.165) is 17.3 Å². The molecular formula is C27H27F2N2NaO4. The van der Waals surface area contributed by atoms with Crippen LogP contribution < -0.4 is 44.1 Å². The average Bonchev–Trinajstić information content (AvgIpc) is 3.73. The summed E-state index contributed by atoms with van der Waals surface area (Å²) in [6.07, 6.45) is 7.80. The molecule has 1 aliphatic carbocycles. The molecule has 3 heterocycles. The van der Waals surface area contributed by atoms with E-state index in [-0.39, 0.29) is 52.3 Å². The molecule has 6 nitrogen and oxygen atoms in total. The van der Waals surface area contributed by atoms with Crippen molar-refractivity contribution < 1.29 is 57.7 Å². The zero-order chi connectivity index (χ0) is 24.9. The topological polar surface area (TPSA) is 84.4 Å².